The highest BCUT2D eigenvalue weighted by Gasteiger charge is 2.00. The first kappa shape index (κ1) is 20.3. The molecule has 2 aromatic carbocycles. The fourth-order valence-electron chi connectivity index (χ4n) is 2.39. The summed E-state index contributed by atoms with van der Waals surface area (Å²) < 4.78 is 5.97. The maximum Gasteiger partial charge on any atom is 0.126 e. The first-order chi connectivity index (χ1) is 11.3. The summed E-state index contributed by atoms with van der Waals surface area (Å²) in [6, 6.07) is 18.6. The van der Waals surface area contributed by atoms with Crippen molar-refractivity contribution in [3.63, 3.8) is 0 Å². The van der Waals surface area contributed by atoms with Crippen LogP contribution in [0.3, 0.4) is 0 Å². The van der Waals surface area contributed by atoms with Crippen LogP contribution >= 0.6 is 12.4 Å². The summed E-state index contributed by atoms with van der Waals surface area (Å²) in [5.41, 5.74) is 2.33. The number of ether oxygens (including phenoxy) is 1. The van der Waals surface area contributed by atoms with E-state index in [1.807, 2.05) is 18.2 Å². The molecule has 0 heterocycles. The fraction of sp³-hybridized carbons (Fsp3) is 0.333. The van der Waals surface area contributed by atoms with Crippen molar-refractivity contribution in [2.45, 2.75) is 19.3 Å². The monoisotopic (exact) mass is 345 g/mol. The van der Waals surface area contributed by atoms with Crippen LogP contribution in [0, 0.1) is 0 Å². The van der Waals surface area contributed by atoms with Crippen molar-refractivity contribution in [3.8, 4) is 5.75 Å². The lowest BCUT2D eigenvalue weighted by molar-refractivity contribution is 0.298. The topological polar surface area (TPSA) is 12.5 Å². The Hall–Kier alpha value is -1.77. The highest BCUT2D eigenvalue weighted by Crippen LogP contribution is 2.21. The highest BCUT2D eigenvalue weighted by atomic mass is 35.5. The Bertz CT molecular complexity index is 596. The smallest absolute Gasteiger partial charge is 0.126 e. The zero-order valence-corrected chi connectivity index (χ0v) is 15.5. The maximum atomic E-state index is 5.97. The Morgan fingerprint density at radius 1 is 0.833 bits per heavy atom. The summed E-state index contributed by atoms with van der Waals surface area (Å²) in [6.07, 6.45) is 7.78. The van der Waals surface area contributed by atoms with Gasteiger partial charge in [-0.25, -0.2) is 0 Å². The number of rotatable bonds is 9. The van der Waals surface area contributed by atoms with Gasteiger partial charge in [-0.2, -0.15) is 0 Å². The molecular formula is C21H28ClNO. The molecule has 0 spiro atoms. The number of halogens is 1. The van der Waals surface area contributed by atoms with E-state index in [4.69, 9.17) is 4.74 Å². The molecule has 0 radical (unpaired) electrons. The zero-order valence-electron chi connectivity index (χ0n) is 14.7. The van der Waals surface area contributed by atoms with Gasteiger partial charge in [-0.05, 0) is 51.5 Å². The quantitative estimate of drug-likeness (QED) is 0.446. The predicted molar refractivity (Wildman–Crippen MR) is 107 cm³/mol. The van der Waals surface area contributed by atoms with E-state index in [9.17, 15) is 0 Å². The second-order valence-corrected chi connectivity index (χ2v) is 5.99. The van der Waals surface area contributed by atoms with E-state index in [0.717, 1.165) is 30.9 Å². The van der Waals surface area contributed by atoms with Gasteiger partial charge < -0.3 is 9.64 Å². The summed E-state index contributed by atoms with van der Waals surface area (Å²) in [5.74, 6) is 0.965. The Morgan fingerprint density at radius 3 is 2.29 bits per heavy atom. The molecule has 0 aromatic heterocycles. The standard InChI is InChI=1S/C21H27NO.ClH/c1-22(2)17-9-4-10-18-23-21-14-8-7-13-20(21)16-15-19-11-5-3-6-12-19;/h3,5-8,11-16H,4,9-10,17-18H2,1-2H3;1H/b16-15+;. The molecule has 0 unspecified atom stereocenters. The van der Waals surface area contributed by atoms with Crippen molar-refractivity contribution < 1.29 is 4.74 Å². The van der Waals surface area contributed by atoms with Crippen LogP contribution in [0.5, 0.6) is 5.75 Å². The highest BCUT2D eigenvalue weighted by molar-refractivity contribution is 5.85. The lowest BCUT2D eigenvalue weighted by Crippen LogP contribution is -2.13. The molecule has 0 bridgehead atoms. The summed E-state index contributed by atoms with van der Waals surface area (Å²) in [5, 5.41) is 0. The van der Waals surface area contributed by atoms with Crippen LogP contribution in [0.4, 0.5) is 0 Å². The van der Waals surface area contributed by atoms with Gasteiger partial charge in [0, 0.05) is 5.56 Å². The lowest BCUT2D eigenvalue weighted by atomic mass is 10.1. The number of hydrogen-bond acceptors (Lipinski definition) is 2. The SMILES string of the molecule is CN(C)CCCCCOc1ccccc1/C=C/c1ccccc1.Cl. The molecule has 2 rings (SSSR count). The molecule has 0 fully saturated rings. The second-order valence-electron chi connectivity index (χ2n) is 5.99. The third kappa shape index (κ3) is 7.67. The molecule has 0 saturated heterocycles. The van der Waals surface area contributed by atoms with E-state index >= 15 is 0 Å². The van der Waals surface area contributed by atoms with Gasteiger partial charge in [0.2, 0.25) is 0 Å². The van der Waals surface area contributed by atoms with Crippen LogP contribution in [-0.4, -0.2) is 32.1 Å². The van der Waals surface area contributed by atoms with Crippen molar-refractivity contribution in [1.82, 2.24) is 4.90 Å². The molecule has 2 nitrogen and oxygen atoms in total. The zero-order chi connectivity index (χ0) is 16.3. The lowest BCUT2D eigenvalue weighted by Gasteiger charge is -2.11. The average molecular weight is 346 g/mol. The average Bonchev–Trinajstić information content (AvgIpc) is 2.57. The van der Waals surface area contributed by atoms with E-state index in [-0.39, 0.29) is 12.4 Å². The van der Waals surface area contributed by atoms with Gasteiger partial charge in [0.15, 0.2) is 0 Å². The van der Waals surface area contributed by atoms with Gasteiger partial charge in [0.1, 0.15) is 5.75 Å². The fourth-order valence-corrected chi connectivity index (χ4v) is 2.39. The Kier molecular flexibility index (Phi) is 9.90. The normalized spacial score (nSPS) is 10.8. The predicted octanol–water partition coefficient (Wildman–Crippen LogP) is 5.39. The summed E-state index contributed by atoms with van der Waals surface area (Å²) in [7, 11) is 4.23. The number of unbranched alkanes of at least 4 members (excludes halogenated alkanes) is 2. The summed E-state index contributed by atoms with van der Waals surface area (Å²) >= 11 is 0. The largest absolute Gasteiger partial charge is 0.493 e. The van der Waals surface area contributed by atoms with E-state index in [2.05, 4.69) is 67.5 Å². The van der Waals surface area contributed by atoms with E-state index in [1.54, 1.807) is 0 Å². The Morgan fingerprint density at radius 2 is 1.54 bits per heavy atom. The van der Waals surface area contributed by atoms with Crippen LogP contribution in [0.1, 0.15) is 30.4 Å². The molecule has 0 aliphatic carbocycles. The minimum absolute atomic E-state index is 0. The third-order valence-electron chi connectivity index (χ3n) is 3.68. The van der Waals surface area contributed by atoms with Gasteiger partial charge in [-0.1, -0.05) is 60.7 Å². The van der Waals surface area contributed by atoms with Gasteiger partial charge in [-0.3, -0.25) is 0 Å². The summed E-state index contributed by atoms with van der Waals surface area (Å²) in [6.45, 7) is 1.93. The number of benzene rings is 2. The van der Waals surface area contributed by atoms with Crippen LogP contribution < -0.4 is 4.74 Å². The number of nitrogens with zero attached hydrogens (tertiary/aromatic N) is 1. The van der Waals surface area contributed by atoms with Gasteiger partial charge in [0.25, 0.3) is 0 Å². The minimum atomic E-state index is 0. The van der Waals surface area contributed by atoms with Crippen molar-refractivity contribution in [1.29, 1.82) is 0 Å². The molecule has 0 aliphatic rings. The first-order valence-corrected chi connectivity index (χ1v) is 8.35. The van der Waals surface area contributed by atoms with Crippen LogP contribution in [0.2, 0.25) is 0 Å². The summed E-state index contributed by atoms with van der Waals surface area (Å²) in [4.78, 5) is 2.23. The molecule has 2 aromatic rings. The van der Waals surface area contributed by atoms with Gasteiger partial charge in [0.05, 0.1) is 6.61 Å². The Balaban J connectivity index is 0.00000288. The molecule has 0 amide bonds. The molecule has 24 heavy (non-hydrogen) atoms. The number of hydrogen-bond donors (Lipinski definition) is 0. The minimum Gasteiger partial charge on any atom is -0.493 e. The van der Waals surface area contributed by atoms with E-state index in [0.29, 0.717) is 0 Å². The van der Waals surface area contributed by atoms with Crippen LogP contribution in [-0.2, 0) is 0 Å². The van der Waals surface area contributed by atoms with E-state index < -0.39 is 0 Å². The second kappa shape index (κ2) is 11.7. The molecule has 0 atom stereocenters. The molecular weight excluding hydrogens is 318 g/mol. The van der Waals surface area contributed by atoms with Crippen molar-refractivity contribution in [2.75, 3.05) is 27.2 Å². The van der Waals surface area contributed by atoms with Crippen molar-refractivity contribution in [2.24, 2.45) is 0 Å². The van der Waals surface area contributed by atoms with Crippen LogP contribution in [0.25, 0.3) is 12.2 Å². The van der Waals surface area contributed by atoms with Crippen molar-refractivity contribution >= 4 is 24.6 Å². The molecule has 130 valence electrons. The molecule has 3 heteroatoms. The van der Waals surface area contributed by atoms with E-state index in [1.165, 1.54) is 18.4 Å². The first-order valence-electron chi connectivity index (χ1n) is 8.35. The molecule has 0 aliphatic heterocycles. The van der Waals surface area contributed by atoms with Gasteiger partial charge >= 0.3 is 0 Å². The Labute approximate surface area is 152 Å². The molecule has 0 N–H and O–H groups in total. The number of para-hydroxylation sites is 1. The van der Waals surface area contributed by atoms with Crippen LogP contribution in [0.15, 0.2) is 54.6 Å². The van der Waals surface area contributed by atoms with Gasteiger partial charge in [-0.15, -0.1) is 12.4 Å². The van der Waals surface area contributed by atoms with Crippen molar-refractivity contribution in [3.05, 3.63) is 65.7 Å². The molecule has 0 saturated carbocycles. The maximum absolute atomic E-state index is 5.97. The third-order valence-corrected chi connectivity index (χ3v) is 3.68.